The number of nitrogens with one attached hydrogen (secondary N) is 1. The van der Waals surface area contributed by atoms with E-state index in [9.17, 15) is 23.2 Å². The molecular weight excluding hydrogens is 603 g/mol. The summed E-state index contributed by atoms with van der Waals surface area (Å²) in [5, 5.41) is 2.61. The van der Waals surface area contributed by atoms with Crippen LogP contribution >= 0.6 is 0 Å². The van der Waals surface area contributed by atoms with E-state index in [0.29, 0.717) is 16.6 Å². The van der Waals surface area contributed by atoms with E-state index in [1.165, 1.54) is 13.8 Å². The fourth-order valence-corrected chi connectivity index (χ4v) is 18.7. The van der Waals surface area contributed by atoms with E-state index in [0.717, 1.165) is 4.90 Å². The lowest BCUT2D eigenvalue weighted by Gasteiger charge is -2.52. The largest absolute Gasteiger partial charge is 0.446 e. The lowest BCUT2D eigenvalue weighted by Crippen LogP contribution is -2.73. The minimum atomic E-state index is -2.35. The summed E-state index contributed by atoms with van der Waals surface area (Å²) in [6.45, 7) is 31.8. The molecule has 1 N–H and O–H groups in total. The van der Waals surface area contributed by atoms with Gasteiger partial charge < -0.3 is 18.9 Å². The summed E-state index contributed by atoms with van der Waals surface area (Å²) < 4.78 is 45.5. The third-order valence-corrected chi connectivity index (χ3v) is 21.7. The number of nitrogens with zero attached hydrogens (tertiary/aromatic N) is 1. The fraction of sp³-hybridized carbons (Fsp3) is 0.906. The van der Waals surface area contributed by atoms with Gasteiger partial charge in [0.1, 0.15) is 30.6 Å². The molecule has 0 aromatic rings. The van der Waals surface area contributed by atoms with Crippen molar-refractivity contribution in [2.75, 3.05) is 0 Å². The zero-order chi connectivity index (χ0) is 34.6. The molecule has 258 valence electrons. The van der Waals surface area contributed by atoms with Gasteiger partial charge in [-0.15, -0.1) is 0 Å². The third-order valence-electron chi connectivity index (χ3n) is 9.56. The number of carbonyl (C=O) groups excluding carboxylic acids is 3. The van der Waals surface area contributed by atoms with E-state index in [1.54, 1.807) is 13.8 Å². The highest BCUT2D eigenvalue weighted by Crippen LogP contribution is 2.46. The minimum absolute atomic E-state index is 0.159. The predicted octanol–water partition coefficient (Wildman–Crippen LogP) is 8.06. The highest BCUT2D eigenvalue weighted by molar-refractivity contribution is 6.78. The van der Waals surface area contributed by atoms with E-state index < -0.39 is 65.3 Å². The number of hydrogen-bond acceptors (Lipinski definition) is 6. The molecule has 2 aliphatic rings. The molecule has 2 heterocycles. The molecule has 8 nitrogen and oxygen atoms in total. The Morgan fingerprint density at radius 1 is 0.659 bits per heavy atom. The second-order valence-electron chi connectivity index (χ2n) is 14.7. The summed E-state index contributed by atoms with van der Waals surface area (Å²) in [7, 11) is -4.47. The van der Waals surface area contributed by atoms with E-state index in [-0.39, 0.29) is 28.6 Å². The molecule has 12 heteroatoms. The number of β-lactam (4-membered cyclic amide) rings is 2. The van der Waals surface area contributed by atoms with Crippen molar-refractivity contribution in [1.82, 2.24) is 10.2 Å². The summed E-state index contributed by atoms with van der Waals surface area (Å²) in [4.78, 5) is 37.3. The van der Waals surface area contributed by atoms with Crippen LogP contribution in [0, 0.1) is 0 Å². The molecule has 0 unspecified atom stereocenters. The monoisotopic (exact) mass is 664 g/mol. The lowest BCUT2D eigenvalue weighted by molar-refractivity contribution is -0.165. The molecule has 0 spiro atoms. The molecule has 0 aliphatic carbocycles. The zero-order valence-corrected chi connectivity index (χ0v) is 32.2. The van der Waals surface area contributed by atoms with Crippen LogP contribution in [0.2, 0.25) is 33.2 Å². The highest BCUT2D eigenvalue weighted by atomic mass is 28.4. The number of alkyl halides is 2. The van der Waals surface area contributed by atoms with Gasteiger partial charge in [-0.05, 0) is 60.9 Å². The first kappa shape index (κ1) is 40.6. The molecule has 0 aromatic carbocycles. The lowest BCUT2D eigenvalue weighted by atomic mass is 9.95. The third kappa shape index (κ3) is 8.12. The molecule has 0 radical (unpaired) electrons. The molecule has 2 fully saturated rings. The van der Waals surface area contributed by atoms with Gasteiger partial charge in [-0.1, -0.05) is 83.1 Å². The zero-order valence-electron chi connectivity index (χ0n) is 30.2. The Kier molecular flexibility index (Phi) is 14.7. The van der Waals surface area contributed by atoms with Crippen LogP contribution in [-0.2, 0) is 23.2 Å². The number of likely N-dealkylation sites (tertiary alicyclic amines) is 1. The van der Waals surface area contributed by atoms with E-state index >= 15 is 0 Å². The quantitative estimate of drug-likeness (QED) is 0.158. The molecule has 0 saturated carbocycles. The number of hydrogen-bond donors (Lipinski definition) is 1. The number of halogens is 2. The molecule has 3 amide bonds. The minimum Gasteiger partial charge on any atom is -0.446 e. The molecule has 2 aliphatic heterocycles. The Labute approximate surface area is 268 Å². The van der Waals surface area contributed by atoms with Gasteiger partial charge >= 0.3 is 6.09 Å². The van der Waals surface area contributed by atoms with Crippen LogP contribution in [0.4, 0.5) is 13.6 Å². The molecule has 2 rings (SSSR count). The normalized spacial score (nSPS) is 24.1. The number of carbonyl (C=O) groups is 3. The Hall–Kier alpha value is -1.38. The van der Waals surface area contributed by atoms with Crippen molar-refractivity contribution in [3.63, 3.8) is 0 Å². The van der Waals surface area contributed by atoms with E-state index in [4.69, 9.17) is 13.6 Å². The molecular formula is C32H62F2N2O6Si2. The number of amides is 3. The Balaban J connectivity index is 0.000000457. The first-order chi connectivity index (χ1) is 20.0. The van der Waals surface area contributed by atoms with E-state index in [2.05, 4.69) is 88.4 Å². The number of rotatable bonds is 13. The highest BCUT2D eigenvalue weighted by Gasteiger charge is 2.60. The van der Waals surface area contributed by atoms with E-state index in [1.807, 2.05) is 0 Å². The molecule has 6 atom stereocenters. The topological polar surface area (TPSA) is 94.2 Å². The molecule has 0 aromatic heterocycles. The summed E-state index contributed by atoms with van der Waals surface area (Å²) in [5.74, 6) is -0.646. The summed E-state index contributed by atoms with van der Waals surface area (Å²) in [5.41, 5.74) is 2.01. The SMILES string of the molecule is CC(C)OC(=O)N1C(=O)[C@H](O[Si](C(C)C)(C(C)C)C(C)C)[C@@H]1[C@H](C)F.CC(C)[Si](O[C@H]1C(=O)N[C@H]1[C@H](C)F)(C(C)C)C(C)C. The summed E-state index contributed by atoms with van der Waals surface area (Å²) >= 11 is 0. The van der Waals surface area contributed by atoms with Gasteiger partial charge in [0.05, 0.1) is 12.1 Å². The average molecular weight is 665 g/mol. The van der Waals surface area contributed by atoms with Crippen LogP contribution in [0.15, 0.2) is 0 Å². The van der Waals surface area contributed by atoms with Crippen molar-refractivity contribution in [3.8, 4) is 0 Å². The van der Waals surface area contributed by atoms with Crippen molar-refractivity contribution in [2.45, 2.75) is 187 Å². The number of ether oxygens (including phenoxy) is 1. The maximum atomic E-state index is 14.2. The Morgan fingerprint density at radius 3 is 1.30 bits per heavy atom. The standard InChI is InChI=1S/C18H34FNO4Si.C14H28FNO2Si/c1-10(2)23-18(22)20-15(14(9)19)16(17(20)21)24-25(11(3)4,12(5)6)13(7)8;1-8(2)19(9(3)4,10(5)6)18-13-12(11(7)15)16-14(13)17/h10-16H,1-9H3;8-13H,1-7H3,(H,16,17)/t14-,15-,16+;11-,12-,13+/m00/s1. The average Bonchev–Trinajstić information content (AvgIpc) is 2.84. The summed E-state index contributed by atoms with van der Waals surface area (Å²) in [6, 6.07) is -1.39. The van der Waals surface area contributed by atoms with Gasteiger partial charge in [-0.2, -0.15) is 0 Å². The Bertz CT molecular complexity index is 931. The molecule has 44 heavy (non-hydrogen) atoms. The Morgan fingerprint density at radius 2 is 1.02 bits per heavy atom. The van der Waals surface area contributed by atoms with Crippen LogP contribution in [0.5, 0.6) is 0 Å². The molecule has 2 saturated heterocycles. The predicted molar refractivity (Wildman–Crippen MR) is 177 cm³/mol. The van der Waals surface area contributed by atoms with Crippen LogP contribution in [0.3, 0.4) is 0 Å². The molecule has 0 bridgehead atoms. The second kappa shape index (κ2) is 16.0. The van der Waals surface area contributed by atoms with Crippen molar-refractivity contribution in [3.05, 3.63) is 0 Å². The van der Waals surface area contributed by atoms with Gasteiger partial charge in [0.2, 0.25) is 16.6 Å². The first-order valence-electron chi connectivity index (χ1n) is 16.5. The first-order valence-corrected chi connectivity index (χ1v) is 20.8. The second-order valence-corrected chi connectivity index (χ2v) is 25.5. The maximum Gasteiger partial charge on any atom is 0.417 e. The van der Waals surface area contributed by atoms with Crippen LogP contribution in [0.1, 0.15) is 111 Å². The van der Waals surface area contributed by atoms with Crippen molar-refractivity contribution < 1.29 is 36.8 Å². The summed E-state index contributed by atoms with van der Waals surface area (Å²) in [6.07, 6.45) is -5.11. The van der Waals surface area contributed by atoms with Crippen molar-refractivity contribution >= 4 is 34.5 Å². The van der Waals surface area contributed by atoms with Gasteiger partial charge in [0.15, 0.2) is 0 Å². The number of imide groups is 1. The van der Waals surface area contributed by atoms with Crippen molar-refractivity contribution in [1.29, 1.82) is 0 Å². The van der Waals surface area contributed by atoms with Crippen LogP contribution in [0.25, 0.3) is 0 Å². The van der Waals surface area contributed by atoms with Gasteiger partial charge in [-0.3, -0.25) is 9.59 Å². The smallest absolute Gasteiger partial charge is 0.417 e. The van der Waals surface area contributed by atoms with Gasteiger partial charge in [0, 0.05) is 0 Å². The van der Waals surface area contributed by atoms with Gasteiger partial charge in [-0.25, -0.2) is 18.5 Å². The van der Waals surface area contributed by atoms with Crippen LogP contribution < -0.4 is 5.32 Å². The fourth-order valence-electron chi connectivity index (χ4n) is 7.65. The van der Waals surface area contributed by atoms with Gasteiger partial charge in [0.25, 0.3) is 11.8 Å². The maximum absolute atomic E-state index is 14.2. The van der Waals surface area contributed by atoms with Crippen molar-refractivity contribution in [2.24, 2.45) is 0 Å². The van der Waals surface area contributed by atoms with Crippen LogP contribution in [-0.4, -0.2) is 82.2 Å².